The minimum atomic E-state index is -0.597. The van der Waals surface area contributed by atoms with Gasteiger partial charge in [-0.3, -0.25) is 4.79 Å². The van der Waals surface area contributed by atoms with Gasteiger partial charge in [-0.15, -0.1) is 0 Å². The molecule has 0 saturated heterocycles. The zero-order valence-electron chi connectivity index (χ0n) is 16.1. The van der Waals surface area contributed by atoms with E-state index in [2.05, 4.69) is 20.8 Å². The fourth-order valence-electron chi connectivity index (χ4n) is 3.27. The molecule has 0 saturated carbocycles. The summed E-state index contributed by atoms with van der Waals surface area (Å²) in [5, 5.41) is 9.11. The van der Waals surface area contributed by atoms with Crippen molar-refractivity contribution in [1.29, 1.82) is 0 Å². The third-order valence-corrected chi connectivity index (χ3v) is 4.82. The predicted octanol–water partition coefficient (Wildman–Crippen LogP) is 7.21. The molecule has 0 amide bonds. The van der Waals surface area contributed by atoms with Crippen molar-refractivity contribution >= 4 is 5.97 Å². The van der Waals surface area contributed by atoms with Gasteiger partial charge in [-0.2, -0.15) is 0 Å². The van der Waals surface area contributed by atoms with Crippen LogP contribution < -0.4 is 0 Å². The molecular formula is C21H42O2. The van der Waals surface area contributed by atoms with E-state index in [1.54, 1.807) is 0 Å². The van der Waals surface area contributed by atoms with Crippen molar-refractivity contribution in [2.75, 3.05) is 0 Å². The summed E-state index contributed by atoms with van der Waals surface area (Å²) >= 11 is 0. The number of hydrogen-bond acceptors (Lipinski definition) is 1. The second kappa shape index (κ2) is 16.3. The molecule has 138 valence electrons. The number of carboxylic acids is 1. The fourth-order valence-corrected chi connectivity index (χ4v) is 3.27. The molecule has 0 aliphatic rings. The highest BCUT2D eigenvalue weighted by molar-refractivity contribution is 5.69. The van der Waals surface area contributed by atoms with Crippen LogP contribution in [0.25, 0.3) is 0 Å². The molecule has 0 radical (unpaired) electrons. The number of unbranched alkanes of at least 4 members (excludes halogenated alkanes) is 10. The predicted molar refractivity (Wildman–Crippen MR) is 101 cm³/mol. The van der Waals surface area contributed by atoms with Gasteiger partial charge >= 0.3 is 5.97 Å². The van der Waals surface area contributed by atoms with E-state index in [1.165, 1.54) is 70.6 Å². The van der Waals surface area contributed by atoms with Crippen LogP contribution in [0.1, 0.15) is 117 Å². The van der Waals surface area contributed by atoms with E-state index in [9.17, 15) is 4.79 Å². The number of carboxylic acid groups (broad SMARTS) is 1. The Morgan fingerprint density at radius 2 is 1.09 bits per heavy atom. The van der Waals surface area contributed by atoms with E-state index in [-0.39, 0.29) is 5.92 Å². The van der Waals surface area contributed by atoms with Crippen LogP contribution in [0.5, 0.6) is 0 Å². The summed E-state index contributed by atoms with van der Waals surface area (Å²) in [5.41, 5.74) is 0. The molecule has 1 unspecified atom stereocenters. The molecule has 0 fully saturated rings. The van der Waals surface area contributed by atoms with E-state index < -0.39 is 5.97 Å². The first kappa shape index (κ1) is 22.5. The van der Waals surface area contributed by atoms with Crippen LogP contribution in [0.3, 0.4) is 0 Å². The Kier molecular flexibility index (Phi) is 16.0. The lowest BCUT2D eigenvalue weighted by atomic mass is 9.96. The third kappa shape index (κ3) is 16.1. The second-order valence-corrected chi connectivity index (χ2v) is 7.68. The summed E-state index contributed by atoms with van der Waals surface area (Å²) < 4.78 is 0. The molecule has 0 spiro atoms. The quantitative estimate of drug-likeness (QED) is 0.287. The highest BCUT2D eigenvalue weighted by atomic mass is 16.4. The third-order valence-electron chi connectivity index (χ3n) is 4.82. The fraction of sp³-hybridized carbons (Fsp3) is 0.952. The Balaban J connectivity index is 3.23. The first-order valence-electron chi connectivity index (χ1n) is 10.3. The molecule has 0 aromatic heterocycles. The Bertz CT molecular complexity index is 261. The average molecular weight is 327 g/mol. The molecular weight excluding hydrogens is 284 g/mol. The number of hydrogen-bond donors (Lipinski definition) is 1. The summed E-state index contributed by atoms with van der Waals surface area (Å²) in [6.07, 6.45) is 18.8. The smallest absolute Gasteiger partial charge is 0.306 e. The molecule has 0 aromatic rings. The van der Waals surface area contributed by atoms with Gasteiger partial charge in [0, 0.05) is 0 Å². The van der Waals surface area contributed by atoms with Gasteiger partial charge in [-0.05, 0) is 18.8 Å². The number of rotatable bonds is 17. The normalized spacial score (nSPS) is 12.7. The average Bonchev–Trinajstić information content (AvgIpc) is 2.50. The van der Waals surface area contributed by atoms with Gasteiger partial charge in [0.1, 0.15) is 0 Å². The Hall–Kier alpha value is -0.530. The summed E-state index contributed by atoms with van der Waals surface area (Å²) in [4.78, 5) is 11.1. The maximum Gasteiger partial charge on any atom is 0.306 e. The van der Waals surface area contributed by atoms with Crippen molar-refractivity contribution in [3.63, 3.8) is 0 Å². The van der Waals surface area contributed by atoms with Crippen LogP contribution in [0.2, 0.25) is 0 Å². The van der Waals surface area contributed by atoms with E-state index in [0.29, 0.717) is 0 Å². The Labute approximate surface area is 145 Å². The molecule has 23 heavy (non-hydrogen) atoms. The van der Waals surface area contributed by atoms with Crippen molar-refractivity contribution in [3.05, 3.63) is 0 Å². The largest absolute Gasteiger partial charge is 0.481 e. The highest BCUT2D eigenvalue weighted by Crippen LogP contribution is 2.18. The SMILES string of the molecule is CCCC(CCCCCCCCCCCCCC(C)C)C(=O)O. The van der Waals surface area contributed by atoms with Crippen molar-refractivity contribution < 1.29 is 9.90 Å². The van der Waals surface area contributed by atoms with Gasteiger partial charge < -0.3 is 5.11 Å². The monoisotopic (exact) mass is 326 g/mol. The standard InChI is InChI=1S/C21H42O2/c1-4-16-20(21(22)23)18-15-13-11-9-7-5-6-8-10-12-14-17-19(2)3/h19-20H,4-18H2,1-3H3,(H,22,23). The maximum absolute atomic E-state index is 11.1. The van der Waals surface area contributed by atoms with Gasteiger partial charge in [0.2, 0.25) is 0 Å². The van der Waals surface area contributed by atoms with E-state index in [1.807, 2.05) is 0 Å². The topological polar surface area (TPSA) is 37.3 Å². The first-order chi connectivity index (χ1) is 11.1. The molecule has 2 heteroatoms. The number of aliphatic carboxylic acids is 1. The van der Waals surface area contributed by atoms with Gasteiger partial charge in [0.05, 0.1) is 5.92 Å². The van der Waals surface area contributed by atoms with Gasteiger partial charge in [0.15, 0.2) is 0 Å². The molecule has 0 aliphatic carbocycles. The zero-order valence-corrected chi connectivity index (χ0v) is 16.1. The van der Waals surface area contributed by atoms with E-state index in [4.69, 9.17) is 5.11 Å². The lowest BCUT2D eigenvalue weighted by molar-refractivity contribution is -0.142. The minimum absolute atomic E-state index is 0.101. The van der Waals surface area contributed by atoms with Crippen LogP contribution in [0.4, 0.5) is 0 Å². The van der Waals surface area contributed by atoms with Gasteiger partial charge in [0.25, 0.3) is 0 Å². The van der Waals surface area contributed by atoms with Crippen molar-refractivity contribution in [2.45, 2.75) is 117 Å². The van der Waals surface area contributed by atoms with Crippen LogP contribution in [-0.4, -0.2) is 11.1 Å². The summed E-state index contributed by atoms with van der Waals surface area (Å²) in [6.45, 7) is 6.69. The molecule has 0 aromatic carbocycles. The van der Waals surface area contributed by atoms with Gasteiger partial charge in [-0.1, -0.05) is 104 Å². The van der Waals surface area contributed by atoms with Crippen molar-refractivity contribution in [3.8, 4) is 0 Å². The van der Waals surface area contributed by atoms with Crippen molar-refractivity contribution in [1.82, 2.24) is 0 Å². The summed E-state index contributed by atoms with van der Waals surface area (Å²) in [7, 11) is 0. The van der Waals surface area contributed by atoms with Crippen LogP contribution >= 0.6 is 0 Å². The maximum atomic E-state index is 11.1. The van der Waals surface area contributed by atoms with E-state index in [0.717, 1.165) is 31.6 Å². The molecule has 0 bridgehead atoms. The molecule has 0 aliphatic heterocycles. The van der Waals surface area contributed by atoms with Crippen molar-refractivity contribution in [2.24, 2.45) is 11.8 Å². The summed E-state index contributed by atoms with van der Waals surface area (Å²) in [6, 6.07) is 0. The lowest BCUT2D eigenvalue weighted by Crippen LogP contribution is -2.13. The summed E-state index contributed by atoms with van der Waals surface area (Å²) in [5.74, 6) is 0.165. The minimum Gasteiger partial charge on any atom is -0.481 e. The molecule has 1 atom stereocenters. The molecule has 2 nitrogen and oxygen atoms in total. The lowest BCUT2D eigenvalue weighted by Gasteiger charge is -2.10. The Morgan fingerprint density at radius 1 is 0.696 bits per heavy atom. The van der Waals surface area contributed by atoms with E-state index >= 15 is 0 Å². The van der Waals surface area contributed by atoms with Crippen LogP contribution in [-0.2, 0) is 4.79 Å². The molecule has 0 heterocycles. The molecule has 1 N–H and O–H groups in total. The van der Waals surface area contributed by atoms with Crippen LogP contribution in [0.15, 0.2) is 0 Å². The van der Waals surface area contributed by atoms with Gasteiger partial charge in [-0.25, -0.2) is 0 Å². The molecule has 0 rings (SSSR count). The number of carbonyl (C=O) groups is 1. The zero-order chi connectivity index (χ0) is 17.3. The van der Waals surface area contributed by atoms with Crippen LogP contribution in [0, 0.1) is 11.8 Å². The first-order valence-corrected chi connectivity index (χ1v) is 10.3. The Morgan fingerprint density at radius 3 is 1.43 bits per heavy atom. The second-order valence-electron chi connectivity index (χ2n) is 7.68. The highest BCUT2D eigenvalue weighted by Gasteiger charge is 2.15.